The molecule has 23 heavy (non-hydrogen) atoms. The number of ether oxygens (including phenoxy) is 2. The average Bonchev–Trinajstić information content (AvgIpc) is 3.12. The summed E-state index contributed by atoms with van der Waals surface area (Å²) >= 11 is 0. The van der Waals surface area contributed by atoms with Gasteiger partial charge in [-0.05, 0) is 32.0 Å². The maximum atomic E-state index is 12.3. The molecule has 0 aliphatic carbocycles. The molecule has 0 radical (unpaired) electrons. The fourth-order valence-corrected chi connectivity index (χ4v) is 2.33. The summed E-state index contributed by atoms with van der Waals surface area (Å²) in [5.41, 5.74) is 0.592. The van der Waals surface area contributed by atoms with E-state index < -0.39 is 12.0 Å². The summed E-state index contributed by atoms with van der Waals surface area (Å²) in [4.78, 5) is 23.5. The summed E-state index contributed by atoms with van der Waals surface area (Å²) in [5, 5.41) is 15.5. The Kier molecular flexibility index (Phi) is 3.65. The normalized spacial score (nSPS) is 13.7. The van der Waals surface area contributed by atoms with Crippen LogP contribution in [0.15, 0.2) is 22.7 Å². The zero-order valence-electron chi connectivity index (χ0n) is 12.5. The van der Waals surface area contributed by atoms with Crippen molar-refractivity contribution in [2.24, 2.45) is 0 Å². The predicted octanol–water partition coefficient (Wildman–Crippen LogP) is 1.90. The Morgan fingerprint density at radius 1 is 1.30 bits per heavy atom. The summed E-state index contributed by atoms with van der Waals surface area (Å²) in [6, 6.07) is 4.15. The fourth-order valence-electron chi connectivity index (χ4n) is 2.33. The number of carbonyl (C=O) groups excluding carboxylic acids is 1. The molecule has 2 heterocycles. The van der Waals surface area contributed by atoms with Crippen molar-refractivity contribution in [2.45, 2.75) is 19.9 Å². The number of carboxylic acid groups (broad SMARTS) is 1. The number of carbonyl (C=O) groups is 2. The van der Waals surface area contributed by atoms with E-state index in [1.54, 1.807) is 25.1 Å². The van der Waals surface area contributed by atoms with Crippen LogP contribution in [-0.2, 0) is 0 Å². The summed E-state index contributed by atoms with van der Waals surface area (Å²) in [5.74, 6) is -0.367. The lowest BCUT2D eigenvalue weighted by Crippen LogP contribution is -2.27. The minimum atomic E-state index is -1.15. The Labute approximate surface area is 131 Å². The van der Waals surface area contributed by atoms with Gasteiger partial charge in [0.15, 0.2) is 17.3 Å². The molecule has 0 saturated heterocycles. The molecule has 0 fully saturated rings. The van der Waals surface area contributed by atoms with Crippen molar-refractivity contribution >= 4 is 11.9 Å². The van der Waals surface area contributed by atoms with E-state index in [2.05, 4.69) is 10.5 Å². The van der Waals surface area contributed by atoms with Gasteiger partial charge in [0, 0.05) is 5.56 Å². The lowest BCUT2D eigenvalue weighted by Gasteiger charge is -2.12. The molecule has 0 bridgehead atoms. The fraction of sp³-hybridized carbons (Fsp3) is 0.267. The molecule has 2 aromatic rings. The summed E-state index contributed by atoms with van der Waals surface area (Å²) in [6.07, 6.45) is 0. The number of fused-ring (bicyclic) bond motifs is 1. The smallest absolute Gasteiger partial charge is 0.341 e. The number of hydrogen-bond acceptors (Lipinski definition) is 6. The maximum absolute atomic E-state index is 12.3. The Bertz CT molecular complexity index is 782. The molecule has 120 valence electrons. The van der Waals surface area contributed by atoms with Gasteiger partial charge in [-0.2, -0.15) is 0 Å². The average molecular weight is 318 g/mol. The van der Waals surface area contributed by atoms with Crippen LogP contribution in [0.2, 0.25) is 0 Å². The number of rotatable bonds is 4. The lowest BCUT2D eigenvalue weighted by atomic mass is 10.1. The second kappa shape index (κ2) is 5.64. The summed E-state index contributed by atoms with van der Waals surface area (Å²) < 4.78 is 15.4. The van der Waals surface area contributed by atoms with E-state index in [1.165, 1.54) is 6.92 Å². The standard InChI is InChI=1S/C15H14N2O6/c1-7-12(15(19)20)13(23-17-7)8(2)16-14(18)9-3-4-10-11(5-9)22-6-21-10/h3-5,8H,6H2,1-2H3,(H,16,18)(H,19,20)/t8-/m1/s1. The number of hydrogen-bond donors (Lipinski definition) is 2. The lowest BCUT2D eigenvalue weighted by molar-refractivity contribution is 0.0690. The molecule has 3 rings (SSSR count). The molecule has 0 spiro atoms. The third-order valence-corrected chi connectivity index (χ3v) is 3.48. The van der Waals surface area contributed by atoms with Gasteiger partial charge in [-0.3, -0.25) is 4.79 Å². The highest BCUT2D eigenvalue weighted by molar-refractivity contribution is 5.95. The highest BCUT2D eigenvalue weighted by Gasteiger charge is 2.26. The van der Waals surface area contributed by atoms with Crippen molar-refractivity contribution in [3.8, 4) is 11.5 Å². The van der Waals surface area contributed by atoms with Crippen LogP contribution in [0.4, 0.5) is 0 Å². The minimum absolute atomic E-state index is 0.0384. The second-order valence-electron chi connectivity index (χ2n) is 5.08. The number of nitrogens with one attached hydrogen (secondary N) is 1. The predicted molar refractivity (Wildman–Crippen MR) is 76.6 cm³/mol. The van der Waals surface area contributed by atoms with Crippen molar-refractivity contribution in [1.82, 2.24) is 10.5 Å². The van der Waals surface area contributed by atoms with Crippen LogP contribution < -0.4 is 14.8 Å². The first-order chi connectivity index (χ1) is 11.0. The topological polar surface area (TPSA) is 111 Å². The second-order valence-corrected chi connectivity index (χ2v) is 5.08. The molecule has 0 unspecified atom stereocenters. The number of carboxylic acids is 1. The van der Waals surface area contributed by atoms with Crippen molar-refractivity contribution in [3.05, 3.63) is 40.8 Å². The van der Waals surface area contributed by atoms with Gasteiger partial charge in [0.2, 0.25) is 6.79 Å². The Morgan fingerprint density at radius 2 is 2.04 bits per heavy atom. The maximum Gasteiger partial charge on any atom is 0.341 e. The zero-order valence-corrected chi connectivity index (χ0v) is 12.5. The van der Waals surface area contributed by atoms with Gasteiger partial charge in [-0.25, -0.2) is 4.79 Å². The Morgan fingerprint density at radius 3 is 2.78 bits per heavy atom. The first-order valence-corrected chi connectivity index (χ1v) is 6.87. The van der Waals surface area contributed by atoms with Crippen LogP contribution in [0.25, 0.3) is 0 Å². The van der Waals surface area contributed by atoms with Crippen LogP contribution in [0, 0.1) is 6.92 Å². The molecule has 8 heteroatoms. The molecular formula is C15H14N2O6. The molecule has 8 nitrogen and oxygen atoms in total. The molecule has 1 aromatic carbocycles. The third kappa shape index (κ3) is 2.70. The Balaban J connectivity index is 1.79. The zero-order chi connectivity index (χ0) is 16.6. The van der Waals surface area contributed by atoms with E-state index >= 15 is 0 Å². The van der Waals surface area contributed by atoms with E-state index in [0.29, 0.717) is 17.1 Å². The van der Waals surface area contributed by atoms with Crippen LogP contribution in [0.5, 0.6) is 11.5 Å². The van der Waals surface area contributed by atoms with Gasteiger partial charge in [0.1, 0.15) is 5.56 Å². The van der Waals surface area contributed by atoms with Crippen LogP contribution in [0.3, 0.4) is 0 Å². The third-order valence-electron chi connectivity index (χ3n) is 3.48. The quantitative estimate of drug-likeness (QED) is 0.885. The molecule has 0 saturated carbocycles. The highest BCUT2D eigenvalue weighted by atomic mass is 16.7. The van der Waals surface area contributed by atoms with Gasteiger partial charge in [-0.15, -0.1) is 0 Å². The largest absolute Gasteiger partial charge is 0.477 e. The van der Waals surface area contributed by atoms with Gasteiger partial charge in [0.25, 0.3) is 5.91 Å². The molecule has 2 N–H and O–H groups in total. The molecule has 1 atom stereocenters. The van der Waals surface area contributed by atoms with Crippen LogP contribution in [0.1, 0.15) is 45.1 Å². The van der Waals surface area contributed by atoms with Crippen molar-refractivity contribution in [1.29, 1.82) is 0 Å². The molecule has 1 aliphatic heterocycles. The number of benzene rings is 1. The number of aromatic carboxylic acids is 1. The summed E-state index contributed by atoms with van der Waals surface area (Å²) in [7, 11) is 0. The van der Waals surface area contributed by atoms with Crippen molar-refractivity contribution in [2.75, 3.05) is 6.79 Å². The monoisotopic (exact) mass is 318 g/mol. The van der Waals surface area contributed by atoms with E-state index in [9.17, 15) is 14.7 Å². The van der Waals surface area contributed by atoms with Crippen molar-refractivity contribution < 1.29 is 28.7 Å². The first-order valence-electron chi connectivity index (χ1n) is 6.87. The van der Waals surface area contributed by atoms with E-state index in [0.717, 1.165) is 0 Å². The van der Waals surface area contributed by atoms with Gasteiger partial charge < -0.3 is 24.4 Å². The number of amides is 1. The summed E-state index contributed by atoms with van der Waals surface area (Å²) in [6.45, 7) is 3.27. The van der Waals surface area contributed by atoms with E-state index in [1.807, 2.05) is 0 Å². The van der Waals surface area contributed by atoms with E-state index in [-0.39, 0.29) is 29.7 Å². The number of nitrogens with zero attached hydrogens (tertiary/aromatic N) is 1. The number of aromatic nitrogens is 1. The van der Waals surface area contributed by atoms with Crippen LogP contribution in [-0.4, -0.2) is 28.9 Å². The van der Waals surface area contributed by atoms with Crippen LogP contribution >= 0.6 is 0 Å². The van der Waals surface area contributed by atoms with E-state index in [4.69, 9.17) is 14.0 Å². The van der Waals surface area contributed by atoms with Gasteiger partial charge in [0.05, 0.1) is 11.7 Å². The highest BCUT2D eigenvalue weighted by Crippen LogP contribution is 2.32. The van der Waals surface area contributed by atoms with Gasteiger partial charge >= 0.3 is 5.97 Å². The molecular weight excluding hydrogens is 304 g/mol. The minimum Gasteiger partial charge on any atom is -0.477 e. The van der Waals surface area contributed by atoms with Gasteiger partial charge in [-0.1, -0.05) is 5.16 Å². The molecule has 1 aromatic heterocycles. The first kappa shape index (κ1) is 14.9. The van der Waals surface area contributed by atoms with Crippen molar-refractivity contribution in [3.63, 3.8) is 0 Å². The molecule has 1 amide bonds. The number of aryl methyl sites for hydroxylation is 1. The molecule has 1 aliphatic rings. The Hall–Kier alpha value is -3.03. The SMILES string of the molecule is Cc1noc([C@@H](C)NC(=O)c2ccc3c(c2)OCO3)c1C(=O)O.